The van der Waals surface area contributed by atoms with Gasteiger partial charge >= 0.3 is 0 Å². The number of aliphatic imine (C=N–C) groups is 1. The van der Waals surface area contributed by atoms with Crippen molar-refractivity contribution in [2.24, 2.45) is 10.7 Å². The van der Waals surface area contributed by atoms with Crippen LogP contribution in [0.2, 0.25) is 0 Å². The first-order valence-electron chi connectivity index (χ1n) is 7.93. The third-order valence-corrected chi connectivity index (χ3v) is 5.99. The van der Waals surface area contributed by atoms with E-state index < -0.39 is 0 Å². The molecule has 3 N–H and O–H groups in total. The molecule has 0 aromatic carbocycles. The average Bonchev–Trinajstić information content (AvgIpc) is 2.75. The van der Waals surface area contributed by atoms with Gasteiger partial charge in [0, 0.05) is 24.0 Å². The van der Waals surface area contributed by atoms with Crippen molar-refractivity contribution in [2.45, 2.75) is 62.2 Å². The Bertz CT molecular complexity index is 314. The van der Waals surface area contributed by atoms with E-state index in [2.05, 4.69) is 16.6 Å². The number of nitrogens with two attached hydrogens (primary N) is 1. The van der Waals surface area contributed by atoms with E-state index in [-0.39, 0.29) is 28.7 Å². The van der Waals surface area contributed by atoms with Crippen molar-refractivity contribution in [3.8, 4) is 0 Å². The van der Waals surface area contributed by atoms with E-state index in [0.29, 0.717) is 12.0 Å². The molecule has 0 unspecified atom stereocenters. The van der Waals surface area contributed by atoms with E-state index in [4.69, 9.17) is 10.5 Å². The highest BCUT2D eigenvalue weighted by atomic mass is 127. The molecule has 1 saturated carbocycles. The number of guanidine groups is 1. The number of nitrogens with zero attached hydrogens (tertiary/aromatic N) is 1. The lowest BCUT2D eigenvalue weighted by atomic mass is 9.99. The van der Waals surface area contributed by atoms with Gasteiger partial charge in [-0.3, -0.25) is 4.99 Å². The highest BCUT2D eigenvalue weighted by molar-refractivity contribution is 14.0. The molecule has 124 valence electrons. The summed E-state index contributed by atoms with van der Waals surface area (Å²) in [6.07, 6.45) is 12.2. The summed E-state index contributed by atoms with van der Waals surface area (Å²) in [5, 5.41) is 3.43. The van der Waals surface area contributed by atoms with Crippen LogP contribution in [0.15, 0.2) is 4.99 Å². The summed E-state index contributed by atoms with van der Waals surface area (Å²) in [7, 11) is 0. The number of hydrogen-bond donors (Lipinski definition) is 2. The molecule has 0 radical (unpaired) electrons. The molecule has 1 aliphatic carbocycles. The molecule has 0 atom stereocenters. The smallest absolute Gasteiger partial charge is 0.188 e. The summed E-state index contributed by atoms with van der Waals surface area (Å²) in [5.41, 5.74) is 6.08. The average molecular weight is 427 g/mol. The van der Waals surface area contributed by atoms with Crippen LogP contribution >= 0.6 is 35.7 Å². The second-order valence-electron chi connectivity index (χ2n) is 6.03. The molecule has 2 aliphatic rings. The lowest BCUT2D eigenvalue weighted by Crippen LogP contribution is -2.42. The highest BCUT2D eigenvalue weighted by Gasteiger charge is 2.31. The maximum Gasteiger partial charge on any atom is 0.188 e. The zero-order chi connectivity index (χ0) is 14.3. The maximum atomic E-state index is 6.08. The van der Waals surface area contributed by atoms with E-state index >= 15 is 0 Å². The Morgan fingerprint density at radius 1 is 1.24 bits per heavy atom. The van der Waals surface area contributed by atoms with Gasteiger partial charge in [0.1, 0.15) is 0 Å². The van der Waals surface area contributed by atoms with Crippen molar-refractivity contribution >= 4 is 41.7 Å². The van der Waals surface area contributed by atoms with Crippen LogP contribution in [0.1, 0.15) is 51.4 Å². The van der Waals surface area contributed by atoms with E-state index in [9.17, 15) is 0 Å². The van der Waals surface area contributed by atoms with Crippen molar-refractivity contribution < 1.29 is 4.74 Å². The number of halogens is 1. The minimum atomic E-state index is 0. The summed E-state index contributed by atoms with van der Waals surface area (Å²) in [4.78, 5) is 4.62. The molecule has 0 aromatic heterocycles. The third kappa shape index (κ3) is 6.52. The molecule has 1 aliphatic heterocycles. The van der Waals surface area contributed by atoms with Crippen LogP contribution in [0.5, 0.6) is 0 Å². The van der Waals surface area contributed by atoms with Crippen molar-refractivity contribution in [2.75, 3.05) is 26.0 Å². The molecule has 0 bridgehead atoms. The van der Waals surface area contributed by atoms with Crippen LogP contribution in [-0.2, 0) is 4.74 Å². The van der Waals surface area contributed by atoms with E-state index in [1.54, 1.807) is 0 Å². The molecule has 1 heterocycles. The molecule has 2 rings (SSSR count). The minimum absolute atomic E-state index is 0. The Morgan fingerprint density at radius 3 is 2.43 bits per heavy atom. The Labute approximate surface area is 150 Å². The largest absolute Gasteiger partial charge is 0.381 e. The number of nitrogens with one attached hydrogen (secondary N) is 1. The number of hydrogen-bond acceptors (Lipinski definition) is 3. The second kappa shape index (κ2) is 10.2. The summed E-state index contributed by atoms with van der Waals surface area (Å²) < 4.78 is 5.69. The van der Waals surface area contributed by atoms with Crippen molar-refractivity contribution in [3.05, 3.63) is 0 Å². The Balaban J connectivity index is 0.00000220. The number of thioether (sulfide) groups is 1. The van der Waals surface area contributed by atoms with Crippen molar-refractivity contribution in [1.82, 2.24) is 5.32 Å². The van der Waals surface area contributed by atoms with Crippen molar-refractivity contribution in [1.29, 1.82) is 0 Å². The molecule has 1 saturated heterocycles. The quantitative estimate of drug-likeness (QED) is 0.313. The normalized spacial score (nSPS) is 24.0. The van der Waals surface area contributed by atoms with Gasteiger partial charge in [-0.2, -0.15) is 11.8 Å². The van der Waals surface area contributed by atoms with Crippen molar-refractivity contribution in [3.63, 3.8) is 0 Å². The third-order valence-electron chi connectivity index (χ3n) is 4.58. The Morgan fingerprint density at radius 2 is 1.86 bits per heavy atom. The van der Waals surface area contributed by atoms with Crippen LogP contribution in [0.3, 0.4) is 0 Å². The molecule has 0 aromatic rings. The van der Waals surface area contributed by atoms with Gasteiger partial charge in [-0.15, -0.1) is 24.0 Å². The molecule has 0 spiro atoms. The fourth-order valence-corrected chi connectivity index (χ4v) is 3.85. The number of rotatable bonds is 4. The second-order valence-corrected chi connectivity index (χ2v) is 7.31. The maximum absolute atomic E-state index is 6.08. The van der Waals surface area contributed by atoms with Gasteiger partial charge in [-0.25, -0.2) is 0 Å². The zero-order valence-corrected chi connectivity index (χ0v) is 16.3. The summed E-state index contributed by atoms with van der Waals surface area (Å²) in [6.45, 7) is 2.52. The SMILES string of the molecule is CSC1(CN=C(N)NC2CCCCCC2)CCOCC1.I. The number of ether oxygens (including phenoxy) is 1. The van der Waals surface area contributed by atoms with Crippen LogP contribution in [0.25, 0.3) is 0 Å². The summed E-state index contributed by atoms with van der Waals surface area (Å²) >= 11 is 1.91. The van der Waals surface area contributed by atoms with Gasteiger partial charge in [0.05, 0.1) is 6.54 Å². The van der Waals surface area contributed by atoms with E-state index in [1.807, 2.05) is 11.8 Å². The first-order chi connectivity index (χ1) is 9.74. The lowest BCUT2D eigenvalue weighted by Gasteiger charge is -2.34. The standard InChI is InChI=1S/C15H29N3OS.HI/c1-20-15(8-10-19-11-9-15)12-17-14(16)18-13-6-4-2-3-5-7-13;/h13H,2-12H2,1H3,(H3,16,17,18);1H. The first kappa shape index (κ1) is 19.4. The van der Waals surface area contributed by atoms with Gasteiger partial charge in [-0.05, 0) is 31.9 Å². The van der Waals surface area contributed by atoms with Gasteiger partial charge < -0.3 is 15.8 Å². The molecule has 0 amide bonds. The summed E-state index contributed by atoms with van der Waals surface area (Å²) in [6, 6.07) is 0.529. The van der Waals surface area contributed by atoms with Crippen LogP contribution in [0, 0.1) is 0 Å². The predicted octanol–water partition coefficient (Wildman–Crippen LogP) is 3.14. The molecule has 6 heteroatoms. The van der Waals surface area contributed by atoms with E-state index in [1.165, 1.54) is 38.5 Å². The highest BCUT2D eigenvalue weighted by Crippen LogP contribution is 2.33. The molecule has 21 heavy (non-hydrogen) atoms. The topological polar surface area (TPSA) is 59.6 Å². The molecule has 4 nitrogen and oxygen atoms in total. The minimum Gasteiger partial charge on any atom is -0.381 e. The van der Waals surface area contributed by atoms with Gasteiger partial charge in [0.25, 0.3) is 0 Å². The zero-order valence-electron chi connectivity index (χ0n) is 13.1. The predicted molar refractivity (Wildman–Crippen MR) is 103 cm³/mol. The Kier molecular flexibility index (Phi) is 9.36. The fourth-order valence-electron chi connectivity index (χ4n) is 3.08. The molecular formula is C15H30IN3OS. The lowest BCUT2D eigenvalue weighted by molar-refractivity contribution is 0.0794. The van der Waals surface area contributed by atoms with Crippen LogP contribution in [0.4, 0.5) is 0 Å². The van der Waals surface area contributed by atoms with Crippen LogP contribution in [-0.4, -0.2) is 42.8 Å². The molecule has 2 fully saturated rings. The Hall–Kier alpha value is 0.310. The van der Waals surface area contributed by atoms with Gasteiger partial charge in [0.2, 0.25) is 0 Å². The van der Waals surface area contributed by atoms with E-state index in [0.717, 1.165) is 32.6 Å². The molecular weight excluding hydrogens is 397 g/mol. The van der Waals surface area contributed by atoms with Gasteiger partial charge in [-0.1, -0.05) is 25.7 Å². The van der Waals surface area contributed by atoms with Crippen LogP contribution < -0.4 is 11.1 Å². The monoisotopic (exact) mass is 427 g/mol. The fraction of sp³-hybridized carbons (Fsp3) is 0.933. The first-order valence-corrected chi connectivity index (χ1v) is 9.16. The summed E-state index contributed by atoms with van der Waals surface area (Å²) in [5.74, 6) is 0.636. The van der Waals surface area contributed by atoms with Gasteiger partial charge in [0.15, 0.2) is 5.96 Å².